The van der Waals surface area contributed by atoms with Gasteiger partial charge < -0.3 is 9.47 Å². The molecule has 4 aliphatic carbocycles. The second-order valence-corrected chi connectivity index (χ2v) is 12.6. The molecule has 0 bridgehead atoms. The molecule has 0 amide bonds. The summed E-state index contributed by atoms with van der Waals surface area (Å²) >= 11 is 0. The molecule has 0 saturated carbocycles. The maximum atomic E-state index is 2.61. The molecule has 1 heterocycles. The minimum absolute atomic E-state index is 0.358. The van der Waals surface area contributed by atoms with E-state index in [-0.39, 0.29) is 0 Å². The average molecular weight is 569 g/mol. The van der Waals surface area contributed by atoms with Crippen molar-refractivity contribution in [1.82, 2.24) is 9.47 Å². The van der Waals surface area contributed by atoms with Crippen molar-refractivity contribution >= 4 is 55.1 Å². The van der Waals surface area contributed by atoms with Crippen molar-refractivity contribution < 1.29 is 0 Å². The van der Waals surface area contributed by atoms with Gasteiger partial charge >= 0.3 is 0 Å². The molecule has 2 heteroatoms. The maximum absolute atomic E-state index is 2.61. The van der Waals surface area contributed by atoms with Crippen LogP contribution in [0.25, 0.3) is 55.1 Å². The summed E-state index contributed by atoms with van der Waals surface area (Å²) in [6, 6.07) is 23.4. The van der Waals surface area contributed by atoms with E-state index < -0.39 is 0 Å². The van der Waals surface area contributed by atoms with E-state index >= 15 is 0 Å². The Morgan fingerprint density at radius 3 is 2.27 bits per heavy atom. The van der Waals surface area contributed by atoms with Gasteiger partial charge in [-0.15, -0.1) is 0 Å². The normalized spacial score (nSPS) is 19.5. The van der Waals surface area contributed by atoms with Crippen LogP contribution in [0.4, 0.5) is 0 Å². The van der Waals surface area contributed by atoms with E-state index in [1.54, 1.807) is 0 Å². The molecule has 1 atom stereocenters. The first-order chi connectivity index (χ1) is 21.8. The first kappa shape index (κ1) is 25.7. The molecule has 5 aromatic rings. The lowest BCUT2D eigenvalue weighted by atomic mass is 9.93. The molecule has 4 aliphatic rings. The summed E-state index contributed by atoms with van der Waals surface area (Å²) < 4.78 is 2.61. The number of nitrogens with zero attached hydrogens (tertiary/aromatic N) is 2. The average Bonchev–Trinajstić information content (AvgIpc) is 3.43. The number of hydrogen-bond acceptors (Lipinski definition) is 1. The largest absolute Gasteiger partial charge is 0.338 e. The van der Waals surface area contributed by atoms with Gasteiger partial charge in [-0.1, -0.05) is 97.1 Å². The van der Waals surface area contributed by atoms with E-state index in [2.05, 4.69) is 137 Å². The molecule has 1 aromatic heterocycles. The van der Waals surface area contributed by atoms with Crippen molar-refractivity contribution in [2.24, 2.45) is 0 Å². The SMILES string of the molecule is C1=CCC(N(C2=CCCC=C2)C2=CC=C(n3c4cc5c(cc4c4c6ccccc6c6ccccc6c43)CCC=C5)CC2)C=C1. The zero-order chi connectivity index (χ0) is 29.0. The Morgan fingerprint density at radius 2 is 1.50 bits per heavy atom. The Bertz CT molecular complexity index is 2210. The van der Waals surface area contributed by atoms with E-state index in [1.807, 2.05) is 0 Å². The van der Waals surface area contributed by atoms with Crippen LogP contribution in [0.3, 0.4) is 0 Å². The number of aryl methyl sites for hydroxylation is 1. The highest BCUT2D eigenvalue weighted by Gasteiger charge is 2.26. The van der Waals surface area contributed by atoms with Gasteiger partial charge in [-0.3, -0.25) is 0 Å². The second-order valence-electron chi connectivity index (χ2n) is 12.6. The molecule has 9 rings (SSSR count). The third kappa shape index (κ3) is 4.01. The highest BCUT2D eigenvalue weighted by Crippen LogP contribution is 2.45. The number of aromatic nitrogens is 1. The first-order valence-corrected chi connectivity index (χ1v) is 16.3. The third-order valence-corrected chi connectivity index (χ3v) is 10.0. The summed E-state index contributed by atoms with van der Waals surface area (Å²) in [5, 5.41) is 8.12. The zero-order valence-electron chi connectivity index (χ0n) is 25.0. The van der Waals surface area contributed by atoms with Crippen LogP contribution in [0.2, 0.25) is 0 Å². The monoisotopic (exact) mass is 568 g/mol. The van der Waals surface area contributed by atoms with Gasteiger partial charge in [-0.2, -0.15) is 0 Å². The van der Waals surface area contributed by atoms with Gasteiger partial charge in [-0.25, -0.2) is 0 Å². The number of benzene rings is 4. The van der Waals surface area contributed by atoms with E-state index in [9.17, 15) is 0 Å². The number of allylic oxidation sites excluding steroid dienone is 10. The van der Waals surface area contributed by atoms with Gasteiger partial charge in [0, 0.05) is 33.2 Å². The molecule has 0 spiro atoms. The van der Waals surface area contributed by atoms with E-state index in [0.29, 0.717) is 6.04 Å². The molecule has 0 fully saturated rings. The zero-order valence-corrected chi connectivity index (χ0v) is 25.0. The van der Waals surface area contributed by atoms with Crippen LogP contribution >= 0.6 is 0 Å². The molecular formula is C42H36N2. The molecule has 1 unspecified atom stereocenters. The fourth-order valence-electron chi connectivity index (χ4n) is 8.01. The summed E-state index contributed by atoms with van der Waals surface area (Å²) in [4.78, 5) is 2.60. The molecule has 44 heavy (non-hydrogen) atoms. The molecule has 0 saturated heterocycles. The third-order valence-electron chi connectivity index (χ3n) is 10.0. The minimum Gasteiger partial charge on any atom is -0.338 e. The first-order valence-electron chi connectivity index (χ1n) is 16.3. The Labute approximate surface area is 259 Å². The van der Waals surface area contributed by atoms with Crippen molar-refractivity contribution in [1.29, 1.82) is 0 Å². The van der Waals surface area contributed by atoms with Gasteiger partial charge in [0.15, 0.2) is 0 Å². The van der Waals surface area contributed by atoms with Gasteiger partial charge in [0.05, 0.1) is 17.1 Å². The highest BCUT2D eigenvalue weighted by atomic mass is 15.2. The summed E-state index contributed by atoms with van der Waals surface area (Å²) in [5.74, 6) is 0. The number of hydrogen-bond donors (Lipinski definition) is 0. The van der Waals surface area contributed by atoms with Crippen LogP contribution in [0.5, 0.6) is 0 Å². The van der Waals surface area contributed by atoms with E-state index in [0.717, 1.165) is 44.9 Å². The van der Waals surface area contributed by atoms with Gasteiger partial charge in [0.1, 0.15) is 0 Å². The van der Waals surface area contributed by atoms with E-state index in [1.165, 1.54) is 71.6 Å². The van der Waals surface area contributed by atoms with Gasteiger partial charge in [0.2, 0.25) is 0 Å². The predicted molar refractivity (Wildman–Crippen MR) is 188 cm³/mol. The summed E-state index contributed by atoms with van der Waals surface area (Å²) in [7, 11) is 0. The molecule has 0 N–H and O–H groups in total. The minimum atomic E-state index is 0.358. The van der Waals surface area contributed by atoms with Crippen molar-refractivity contribution in [3.8, 4) is 0 Å². The lowest BCUT2D eigenvalue weighted by Gasteiger charge is -2.37. The smallest absolute Gasteiger partial charge is 0.0622 e. The number of fused-ring (bicyclic) bond motifs is 9. The maximum Gasteiger partial charge on any atom is 0.0622 e. The topological polar surface area (TPSA) is 8.17 Å². The van der Waals surface area contributed by atoms with Crippen LogP contribution < -0.4 is 0 Å². The summed E-state index contributed by atoms with van der Waals surface area (Å²) in [5.41, 5.74) is 9.64. The molecule has 0 aliphatic heterocycles. The molecule has 4 aromatic carbocycles. The van der Waals surface area contributed by atoms with Crippen LogP contribution in [-0.4, -0.2) is 15.5 Å². The lowest BCUT2D eigenvalue weighted by Crippen LogP contribution is -2.33. The molecule has 2 nitrogen and oxygen atoms in total. The second kappa shape index (κ2) is 10.4. The Morgan fingerprint density at radius 1 is 0.682 bits per heavy atom. The van der Waals surface area contributed by atoms with Crippen molar-refractivity contribution in [3.05, 3.63) is 144 Å². The predicted octanol–water partition coefficient (Wildman–Crippen LogP) is 11.0. The fourth-order valence-corrected chi connectivity index (χ4v) is 8.01. The van der Waals surface area contributed by atoms with Crippen LogP contribution in [-0.2, 0) is 6.42 Å². The van der Waals surface area contributed by atoms with Crippen molar-refractivity contribution in [2.75, 3.05) is 0 Å². The number of rotatable bonds is 4. The van der Waals surface area contributed by atoms with Crippen LogP contribution in [0.15, 0.2) is 133 Å². The lowest BCUT2D eigenvalue weighted by molar-refractivity contribution is 0.356. The summed E-state index contributed by atoms with van der Waals surface area (Å²) in [6.45, 7) is 0. The summed E-state index contributed by atoms with van der Waals surface area (Å²) in [6.07, 6.45) is 33.2. The highest BCUT2D eigenvalue weighted by molar-refractivity contribution is 6.32. The van der Waals surface area contributed by atoms with Crippen molar-refractivity contribution in [2.45, 2.75) is 51.0 Å². The van der Waals surface area contributed by atoms with Crippen molar-refractivity contribution in [3.63, 3.8) is 0 Å². The van der Waals surface area contributed by atoms with Crippen LogP contribution in [0.1, 0.15) is 49.7 Å². The Balaban J connectivity index is 1.30. The molecule has 0 radical (unpaired) electrons. The van der Waals surface area contributed by atoms with Gasteiger partial charge in [0.25, 0.3) is 0 Å². The molecular weight excluding hydrogens is 532 g/mol. The van der Waals surface area contributed by atoms with Gasteiger partial charge in [-0.05, 0) is 103 Å². The standard InChI is InChI=1S/C42H36N2/c1-3-15-31(16-4-1)43(32-17-5-2-6-18-32)33-23-25-34(26-24-33)44-40-28-30-14-8-7-13-29(30)27-39(40)41-37-21-11-9-19-35(37)36-20-10-12-22-38(36)42(41)44/h1,3-5,8-12,14-15,17-23,25,27-28,31H,2,6-7,13,16,24,26H2. The Kier molecular flexibility index (Phi) is 6.07. The Hall–Kier alpha value is -4.82. The fraction of sp³-hybridized carbons (Fsp3) is 0.190. The quantitative estimate of drug-likeness (QED) is 0.196. The molecule has 214 valence electrons. The van der Waals surface area contributed by atoms with E-state index in [4.69, 9.17) is 0 Å². The van der Waals surface area contributed by atoms with Crippen LogP contribution in [0, 0.1) is 0 Å².